The standard InChI is InChI=1S/C20H20FN3O5S3/c1-23(31(2,26)27)18-6-3-5-16(13-18)22-19(25)14-24(17-10-8-15(21)9-11-17)32(28,29)20-7-4-12-30-20/h3-13H,14H2,1-2H3,(H,22,25). The Hall–Kier alpha value is -2.96. The molecular weight excluding hydrogens is 477 g/mol. The average molecular weight is 498 g/mol. The minimum atomic E-state index is -4.07. The lowest BCUT2D eigenvalue weighted by molar-refractivity contribution is -0.114. The van der Waals surface area contributed by atoms with Gasteiger partial charge in [-0.15, -0.1) is 11.3 Å². The third kappa shape index (κ3) is 5.44. The second kappa shape index (κ2) is 9.27. The molecule has 0 radical (unpaired) electrons. The molecule has 0 aliphatic rings. The molecule has 0 fully saturated rings. The molecule has 0 atom stereocenters. The SMILES string of the molecule is CN(c1cccc(NC(=O)CN(c2ccc(F)cc2)S(=O)(=O)c2cccs2)c1)S(C)(=O)=O. The number of nitrogens with zero attached hydrogens (tertiary/aromatic N) is 2. The number of benzene rings is 2. The van der Waals surface area contributed by atoms with Crippen LogP contribution in [0.3, 0.4) is 0 Å². The highest BCUT2D eigenvalue weighted by atomic mass is 32.2. The van der Waals surface area contributed by atoms with Gasteiger partial charge in [-0.2, -0.15) is 0 Å². The van der Waals surface area contributed by atoms with Gasteiger partial charge in [-0.05, 0) is 53.9 Å². The first kappa shape index (κ1) is 23.7. The second-order valence-corrected chi connectivity index (χ2v) is 11.8. The van der Waals surface area contributed by atoms with Crippen LogP contribution in [-0.4, -0.2) is 42.6 Å². The molecule has 1 N–H and O–H groups in total. The Bertz CT molecular complexity index is 1310. The third-order valence-corrected chi connectivity index (χ3v) is 8.78. The number of carbonyl (C=O) groups is 1. The second-order valence-electron chi connectivity index (χ2n) is 6.75. The number of anilines is 3. The Morgan fingerprint density at radius 2 is 1.69 bits per heavy atom. The van der Waals surface area contributed by atoms with Crippen LogP contribution >= 0.6 is 11.3 Å². The predicted molar refractivity (Wildman–Crippen MR) is 124 cm³/mol. The lowest BCUT2D eigenvalue weighted by atomic mass is 10.2. The molecule has 0 saturated heterocycles. The van der Waals surface area contributed by atoms with Gasteiger partial charge in [0.15, 0.2) is 0 Å². The number of halogens is 1. The molecule has 0 spiro atoms. The molecule has 170 valence electrons. The minimum Gasteiger partial charge on any atom is -0.324 e. The van der Waals surface area contributed by atoms with Crippen LogP contribution in [-0.2, 0) is 24.8 Å². The van der Waals surface area contributed by atoms with Gasteiger partial charge in [0.1, 0.15) is 16.6 Å². The molecule has 3 rings (SSSR count). The van der Waals surface area contributed by atoms with Gasteiger partial charge in [-0.3, -0.25) is 13.4 Å². The number of rotatable bonds is 8. The number of amides is 1. The smallest absolute Gasteiger partial charge is 0.274 e. The number of hydrogen-bond acceptors (Lipinski definition) is 6. The van der Waals surface area contributed by atoms with Crippen molar-refractivity contribution in [1.29, 1.82) is 0 Å². The largest absolute Gasteiger partial charge is 0.324 e. The van der Waals surface area contributed by atoms with E-state index >= 15 is 0 Å². The number of sulfonamides is 2. The lowest BCUT2D eigenvalue weighted by Crippen LogP contribution is -2.37. The zero-order valence-corrected chi connectivity index (χ0v) is 19.5. The van der Waals surface area contributed by atoms with Crippen LogP contribution < -0.4 is 13.9 Å². The van der Waals surface area contributed by atoms with E-state index < -0.39 is 38.3 Å². The van der Waals surface area contributed by atoms with E-state index in [2.05, 4.69) is 5.32 Å². The molecule has 0 unspecified atom stereocenters. The van der Waals surface area contributed by atoms with Crippen molar-refractivity contribution in [3.05, 3.63) is 71.9 Å². The minimum absolute atomic E-state index is 0.0337. The first-order valence-electron chi connectivity index (χ1n) is 9.14. The molecule has 8 nitrogen and oxygen atoms in total. The Morgan fingerprint density at radius 1 is 1.00 bits per heavy atom. The molecule has 12 heteroatoms. The molecule has 1 aromatic heterocycles. The first-order valence-corrected chi connectivity index (χ1v) is 13.3. The fraction of sp³-hybridized carbons (Fsp3) is 0.150. The summed E-state index contributed by atoms with van der Waals surface area (Å²) in [5.41, 5.74) is 0.739. The number of nitrogens with one attached hydrogen (secondary N) is 1. The van der Waals surface area contributed by atoms with Crippen molar-refractivity contribution >= 4 is 54.4 Å². The zero-order valence-electron chi connectivity index (χ0n) is 17.1. The molecule has 0 saturated carbocycles. The van der Waals surface area contributed by atoms with Crippen LogP contribution in [0.25, 0.3) is 0 Å². The van der Waals surface area contributed by atoms with Gasteiger partial charge in [0, 0.05) is 12.7 Å². The molecule has 1 heterocycles. The first-order chi connectivity index (χ1) is 15.0. The van der Waals surface area contributed by atoms with Gasteiger partial charge < -0.3 is 5.32 Å². The van der Waals surface area contributed by atoms with Crippen LogP contribution in [0.5, 0.6) is 0 Å². The summed E-state index contributed by atoms with van der Waals surface area (Å²) in [6, 6.07) is 13.9. The van der Waals surface area contributed by atoms with Crippen LogP contribution in [0.2, 0.25) is 0 Å². The van der Waals surface area contributed by atoms with Gasteiger partial charge in [-0.25, -0.2) is 21.2 Å². The van der Waals surface area contributed by atoms with E-state index in [1.165, 1.54) is 31.3 Å². The van der Waals surface area contributed by atoms with Crippen molar-refractivity contribution in [1.82, 2.24) is 0 Å². The normalized spacial score (nSPS) is 11.7. The zero-order chi connectivity index (χ0) is 23.5. The maximum absolute atomic E-state index is 13.4. The summed E-state index contributed by atoms with van der Waals surface area (Å²) >= 11 is 0.997. The monoisotopic (exact) mass is 497 g/mol. The molecule has 32 heavy (non-hydrogen) atoms. The summed E-state index contributed by atoms with van der Waals surface area (Å²) in [7, 11) is -6.20. The topological polar surface area (TPSA) is 104 Å². The summed E-state index contributed by atoms with van der Waals surface area (Å²) < 4.78 is 65.1. The van der Waals surface area contributed by atoms with Crippen molar-refractivity contribution in [2.24, 2.45) is 0 Å². The van der Waals surface area contributed by atoms with Crippen molar-refractivity contribution in [2.45, 2.75) is 4.21 Å². The molecule has 0 bridgehead atoms. The van der Waals surface area contributed by atoms with E-state index in [0.29, 0.717) is 5.69 Å². The van der Waals surface area contributed by atoms with Gasteiger partial charge in [0.05, 0.1) is 17.6 Å². The van der Waals surface area contributed by atoms with Crippen molar-refractivity contribution < 1.29 is 26.0 Å². The highest BCUT2D eigenvalue weighted by Crippen LogP contribution is 2.27. The van der Waals surface area contributed by atoms with E-state index in [1.54, 1.807) is 29.6 Å². The summed E-state index contributed by atoms with van der Waals surface area (Å²) in [4.78, 5) is 12.7. The van der Waals surface area contributed by atoms with E-state index in [0.717, 1.165) is 38.3 Å². The molecule has 2 aromatic carbocycles. The van der Waals surface area contributed by atoms with Crippen molar-refractivity contribution in [3.8, 4) is 0 Å². The third-order valence-electron chi connectivity index (χ3n) is 4.43. The van der Waals surface area contributed by atoms with Gasteiger partial charge >= 0.3 is 0 Å². The fourth-order valence-corrected chi connectivity index (χ4v) is 5.77. The highest BCUT2D eigenvalue weighted by molar-refractivity contribution is 7.94. The van der Waals surface area contributed by atoms with E-state index in [-0.39, 0.29) is 15.6 Å². The summed E-state index contributed by atoms with van der Waals surface area (Å²) in [5, 5.41) is 4.18. The van der Waals surface area contributed by atoms with Gasteiger partial charge in [-0.1, -0.05) is 12.1 Å². The number of hydrogen-bond donors (Lipinski definition) is 1. The van der Waals surface area contributed by atoms with Gasteiger partial charge in [0.2, 0.25) is 15.9 Å². The number of thiophene rings is 1. The number of carbonyl (C=O) groups excluding carboxylic acids is 1. The fourth-order valence-electron chi connectivity index (χ4n) is 2.74. The van der Waals surface area contributed by atoms with Crippen LogP contribution in [0.15, 0.2) is 70.3 Å². The van der Waals surface area contributed by atoms with E-state index in [1.807, 2.05) is 0 Å². The van der Waals surface area contributed by atoms with Crippen LogP contribution in [0.1, 0.15) is 0 Å². The maximum Gasteiger partial charge on any atom is 0.274 e. The molecule has 0 aliphatic carbocycles. The van der Waals surface area contributed by atoms with E-state index in [9.17, 15) is 26.0 Å². The molecule has 1 amide bonds. The Labute approximate surface area is 190 Å². The average Bonchev–Trinajstić information content (AvgIpc) is 3.27. The summed E-state index contributed by atoms with van der Waals surface area (Å²) in [5.74, 6) is -1.20. The quantitative estimate of drug-likeness (QED) is 0.515. The van der Waals surface area contributed by atoms with Crippen molar-refractivity contribution in [3.63, 3.8) is 0 Å². The Morgan fingerprint density at radius 3 is 2.28 bits per heavy atom. The molecule has 0 aliphatic heterocycles. The lowest BCUT2D eigenvalue weighted by Gasteiger charge is -2.23. The van der Waals surface area contributed by atoms with Gasteiger partial charge in [0.25, 0.3) is 10.0 Å². The summed E-state index contributed by atoms with van der Waals surface area (Å²) in [6.45, 7) is -0.571. The summed E-state index contributed by atoms with van der Waals surface area (Å²) in [6.07, 6.45) is 1.05. The molecular formula is C20H20FN3O5S3. The van der Waals surface area contributed by atoms with Crippen molar-refractivity contribution in [2.75, 3.05) is 33.8 Å². The highest BCUT2D eigenvalue weighted by Gasteiger charge is 2.28. The maximum atomic E-state index is 13.4. The van der Waals surface area contributed by atoms with Crippen LogP contribution in [0, 0.1) is 5.82 Å². The Balaban J connectivity index is 1.87. The predicted octanol–water partition coefficient (Wildman–Crippen LogP) is 3.12. The van der Waals surface area contributed by atoms with E-state index in [4.69, 9.17) is 0 Å². The molecule has 3 aromatic rings. The van der Waals surface area contributed by atoms with Crippen LogP contribution in [0.4, 0.5) is 21.5 Å². The Kier molecular flexibility index (Phi) is 6.86.